The quantitative estimate of drug-likeness (QED) is 0.681. The first kappa shape index (κ1) is 15.1. The first-order valence-electron chi connectivity index (χ1n) is 5.92. The number of nitrogens with one attached hydrogen (secondary N) is 1. The van der Waals surface area contributed by atoms with Gasteiger partial charge in [0.25, 0.3) is 13.4 Å². The molecule has 1 aliphatic heterocycles. The Labute approximate surface area is 113 Å². The average Bonchev–Trinajstić information content (AvgIpc) is 2.79. The summed E-state index contributed by atoms with van der Waals surface area (Å²) in [7, 11) is -4.78. The molecule has 1 aromatic heterocycles. The number of aryl methyl sites for hydroxylation is 1. The van der Waals surface area contributed by atoms with Crippen molar-refractivity contribution in [2.75, 3.05) is 6.61 Å². The first-order chi connectivity index (χ1) is 9.26. The minimum absolute atomic E-state index is 0.315. The van der Waals surface area contributed by atoms with Crippen LogP contribution in [0.1, 0.15) is 24.6 Å². The Morgan fingerprint density at radius 3 is 2.95 bits per heavy atom. The third kappa shape index (κ3) is 3.65. The van der Waals surface area contributed by atoms with Crippen molar-refractivity contribution in [1.82, 2.24) is 9.55 Å². The van der Waals surface area contributed by atoms with Crippen LogP contribution in [0.4, 0.5) is 0 Å². The average molecular weight is 305 g/mol. The maximum absolute atomic E-state index is 11.7. The molecule has 1 unspecified atom stereocenters. The molecule has 0 amide bonds. The Hall–Kier alpha value is -1.25. The summed E-state index contributed by atoms with van der Waals surface area (Å²) >= 11 is 0. The lowest BCUT2D eigenvalue weighted by atomic mass is 10.2. The van der Waals surface area contributed by atoms with Gasteiger partial charge in [0.05, 0.1) is 12.7 Å². The molecule has 0 aliphatic carbocycles. The van der Waals surface area contributed by atoms with Crippen molar-refractivity contribution < 1.29 is 23.6 Å². The van der Waals surface area contributed by atoms with E-state index in [0.717, 1.165) is 0 Å². The molecule has 0 radical (unpaired) electrons. The van der Waals surface area contributed by atoms with Crippen LogP contribution in [0, 0.1) is 6.92 Å². The van der Waals surface area contributed by atoms with Crippen molar-refractivity contribution >= 4 is 7.82 Å². The zero-order valence-corrected chi connectivity index (χ0v) is 11.5. The lowest BCUT2D eigenvalue weighted by Crippen LogP contribution is -2.33. The van der Waals surface area contributed by atoms with Gasteiger partial charge in [-0.05, 0) is 19.8 Å². The molecule has 1 aliphatic rings. The van der Waals surface area contributed by atoms with Gasteiger partial charge < -0.3 is 19.0 Å². The summed E-state index contributed by atoms with van der Waals surface area (Å²) in [6.07, 6.45) is 1.17. The highest BCUT2D eigenvalue weighted by Gasteiger charge is 2.28. The van der Waals surface area contributed by atoms with Gasteiger partial charge in [-0.3, -0.25) is 18.9 Å². The predicted octanol–water partition coefficient (Wildman–Crippen LogP) is -1.00. The minimum Gasteiger partial charge on any atom is -0.756 e. The van der Waals surface area contributed by atoms with Gasteiger partial charge in [0.15, 0.2) is 0 Å². The van der Waals surface area contributed by atoms with Crippen LogP contribution in [0.3, 0.4) is 0 Å². The standard InChI is InChI=1S/C10H15N2O7P/c1-6-4-12(10(14)11-9(6)13)8-3-2-7(19-8)5-18-20(15,16)17/h4,7-8H,2-3,5H2,1H3,(H,11,13,14)(H2,15,16,17)/p-1/t7-,8+/m0/s1. The van der Waals surface area contributed by atoms with Crippen molar-refractivity contribution in [2.45, 2.75) is 32.1 Å². The summed E-state index contributed by atoms with van der Waals surface area (Å²) in [5.74, 6) is 0. The van der Waals surface area contributed by atoms with Crippen molar-refractivity contribution in [3.8, 4) is 0 Å². The van der Waals surface area contributed by atoms with E-state index in [1.807, 2.05) is 0 Å². The fraction of sp³-hybridized carbons (Fsp3) is 0.600. The van der Waals surface area contributed by atoms with Crippen LogP contribution in [0.2, 0.25) is 0 Å². The Morgan fingerprint density at radius 1 is 1.60 bits per heavy atom. The van der Waals surface area contributed by atoms with Crippen LogP contribution >= 0.6 is 7.82 Å². The van der Waals surface area contributed by atoms with E-state index in [9.17, 15) is 19.0 Å². The molecule has 3 atom stereocenters. The second kappa shape index (κ2) is 5.63. The van der Waals surface area contributed by atoms with Gasteiger partial charge >= 0.3 is 5.69 Å². The molecule has 1 aromatic rings. The molecule has 0 spiro atoms. The maximum atomic E-state index is 11.7. The van der Waals surface area contributed by atoms with Crippen molar-refractivity contribution in [3.63, 3.8) is 0 Å². The van der Waals surface area contributed by atoms with E-state index in [1.165, 1.54) is 10.8 Å². The molecular formula is C10H14N2O7P-. The zero-order valence-electron chi connectivity index (χ0n) is 10.6. The highest BCUT2D eigenvalue weighted by atomic mass is 31.2. The smallest absolute Gasteiger partial charge is 0.330 e. The molecule has 2 rings (SSSR count). The second-order valence-electron chi connectivity index (χ2n) is 4.53. The number of phosphoric ester groups is 1. The number of H-pyrrole nitrogens is 1. The normalized spacial score (nSPS) is 25.6. The number of phosphoric acid groups is 1. The van der Waals surface area contributed by atoms with Crippen LogP contribution in [0.25, 0.3) is 0 Å². The van der Waals surface area contributed by atoms with Crippen molar-refractivity contribution in [2.24, 2.45) is 0 Å². The molecule has 2 heterocycles. The van der Waals surface area contributed by atoms with Gasteiger partial charge in [-0.1, -0.05) is 0 Å². The van der Waals surface area contributed by atoms with E-state index >= 15 is 0 Å². The summed E-state index contributed by atoms with van der Waals surface area (Å²) in [5.41, 5.74) is -0.687. The van der Waals surface area contributed by atoms with E-state index in [1.54, 1.807) is 6.92 Å². The fourth-order valence-electron chi connectivity index (χ4n) is 1.99. The van der Waals surface area contributed by atoms with Crippen molar-refractivity contribution in [3.05, 3.63) is 32.6 Å². The SMILES string of the molecule is Cc1cn([C@H]2CC[C@@H](COP(=O)([O-])O)O2)c(=O)[nH]c1=O. The summed E-state index contributed by atoms with van der Waals surface area (Å²) in [4.78, 5) is 44.1. The van der Waals surface area contributed by atoms with Crippen LogP contribution in [-0.4, -0.2) is 27.2 Å². The number of nitrogens with zero attached hydrogens (tertiary/aromatic N) is 1. The third-order valence-electron chi connectivity index (χ3n) is 2.96. The van der Waals surface area contributed by atoms with Crippen LogP contribution in [0.5, 0.6) is 0 Å². The maximum Gasteiger partial charge on any atom is 0.330 e. The number of aromatic nitrogens is 2. The predicted molar refractivity (Wildman–Crippen MR) is 65.0 cm³/mol. The number of ether oxygens (including phenoxy) is 1. The van der Waals surface area contributed by atoms with Crippen LogP contribution < -0.4 is 16.1 Å². The highest BCUT2D eigenvalue weighted by molar-refractivity contribution is 7.44. The molecule has 0 saturated carbocycles. The summed E-state index contributed by atoms with van der Waals surface area (Å²) < 4.78 is 21.4. The van der Waals surface area contributed by atoms with E-state index in [2.05, 4.69) is 9.51 Å². The van der Waals surface area contributed by atoms with Gasteiger partial charge in [0, 0.05) is 11.8 Å². The number of aromatic amines is 1. The largest absolute Gasteiger partial charge is 0.756 e. The van der Waals surface area contributed by atoms with E-state index in [4.69, 9.17) is 9.63 Å². The monoisotopic (exact) mass is 305 g/mol. The Bertz CT molecular complexity index is 646. The van der Waals surface area contributed by atoms with Crippen LogP contribution in [-0.2, 0) is 13.8 Å². The summed E-state index contributed by atoms with van der Waals surface area (Å²) in [5, 5.41) is 0. The molecule has 112 valence electrons. The molecule has 9 nitrogen and oxygen atoms in total. The highest BCUT2D eigenvalue weighted by Crippen LogP contribution is 2.34. The lowest BCUT2D eigenvalue weighted by Gasteiger charge is -2.19. The van der Waals surface area contributed by atoms with Gasteiger partial charge in [-0.2, -0.15) is 0 Å². The summed E-state index contributed by atoms with van der Waals surface area (Å²) in [6.45, 7) is 1.24. The molecule has 1 saturated heterocycles. The molecular weight excluding hydrogens is 291 g/mol. The molecule has 10 heteroatoms. The fourth-order valence-corrected chi connectivity index (χ4v) is 2.35. The first-order valence-corrected chi connectivity index (χ1v) is 7.41. The van der Waals surface area contributed by atoms with Gasteiger partial charge in [-0.25, -0.2) is 4.79 Å². The van der Waals surface area contributed by atoms with Gasteiger partial charge in [-0.15, -0.1) is 0 Å². The van der Waals surface area contributed by atoms with Gasteiger partial charge in [0.1, 0.15) is 6.23 Å². The molecule has 0 aromatic carbocycles. The topological polar surface area (TPSA) is 134 Å². The Balaban J connectivity index is 2.06. The Kier molecular flexibility index (Phi) is 4.26. The van der Waals surface area contributed by atoms with E-state index in [0.29, 0.717) is 18.4 Å². The molecule has 0 bridgehead atoms. The van der Waals surface area contributed by atoms with Crippen LogP contribution in [0.15, 0.2) is 15.8 Å². The molecule has 20 heavy (non-hydrogen) atoms. The number of rotatable bonds is 4. The van der Waals surface area contributed by atoms with Crippen molar-refractivity contribution in [1.29, 1.82) is 0 Å². The minimum atomic E-state index is -4.78. The van der Waals surface area contributed by atoms with E-state index < -0.39 is 31.4 Å². The number of hydrogen-bond acceptors (Lipinski definition) is 6. The zero-order chi connectivity index (χ0) is 14.9. The summed E-state index contributed by atoms with van der Waals surface area (Å²) in [6, 6.07) is 0. The lowest BCUT2D eigenvalue weighted by molar-refractivity contribution is -0.222. The number of hydrogen-bond donors (Lipinski definition) is 2. The second-order valence-corrected chi connectivity index (χ2v) is 5.73. The molecule has 1 fully saturated rings. The third-order valence-corrected chi connectivity index (χ3v) is 3.44. The van der Waals surface area contributed by atoms with Gasteiger partial charge in [0.2, 0.25) is 0 Å². The van der Waals surface area contributed by atoms with E-state index in [-0.39, 0.29) is 6.61 Å². The molecule has 2 N–H and O–H groups in total. The Morgan fingerprint density at radius 2 is 2.30 bits per heavy atom.